The van der Waals surface area contributed by atoms with Crippen molar-refractivity contribution in [2.75, 3.05) is 17.1 Å². The zero-order valence-electron chi connectivity index (χ0n) is 22.5. The van der Waals surface area contributed by atoms with Crippen LogP contribution in [0, 0.1) is 6.92 Å². The molecule has 8 heteroatoms. The van der Waals surface area contributed by atoms with E-state index in [1.807, 2.05) is 75.4 Å². The Hall–Kier alpha value is -3.65. The predicted octanol–water partition coefficient (Wildman–Crippen LogP) is 4.32. The van der Waals surface area contributed by atoms with Crippen LogP contribution in [0.5, 0.6) is 0 Å². The van der Waals surface area contributed by atoms with Gasteiger partial charge in [-0.25, -0.2) is 8.42 Å². The summed E-state index contributed by atoms with van der Waals surface area (Å²) >= 11 is 0. The van der Waals surface area contributed by atoms with Gasteiger partial charge in [0.2, 0.25) is 21.8 Å². The fourth-order valence-corrected chi connectivity index (χ4v) is 5.06. The Balaban J connectivity index is 2.04. The number of hydrogen-bond acceptors (Lipinski definition) is 4. The molecule has 202 valence electrons. The van der Waals surface area contributed by atoms with Crippen LogP contribution in [0.15, 0.2) is 84.9 Å². The van der Waals surface area contributed by atoms with E-state index < -0.39 is 28.5 Å². The number of sulfonamides is 1. The summed E-state index contributed by atoms with van der Waals surface area (Å²) in [7, 11) is -3.77. The Labute approximate surface area is 226 Å². The number of hydrogen-bond donors (Lipinski definition) is 1. The van der Waals surface area contributed by atoms with E-state index >= 15 is 0 Å². The summed E-state index contributed by atoms with van der Waals surface area (Å²) in [5.41, 5.74) is 3.18. The molecule has 3 aromatic rings. The number of anilines is 1. The summed E-state index contributed by atoms with van der Waals surface area (Å²) in [6.07, 6.45) is 2.12. The van der Waals surface area contributed by atoms with Crippen molar-refractivity contribution in [1.82, 2.24) is 10.2 Å². The lowest BCUT2D eigenvalue weighted by Crippen LogP contribution is -2.54. The van der Waals surface area contributed by atoms with Crippen LogP contribution in [0.3, 0.4) is 0 Å². The van der Waals surface area contributed by atoms with E-state index in [4.69, 9.17) is 0 Å². The van der Waals surface area contributed by atoms with Crippen molar-refractivity contribution >= 4 is 27.5 Å². The fourth-order valence-electron chi connectivity index (χ4n) is 4.21. The lowest BCUT2D eigenvalue weighted by Gasteiger charge is -2.34. The van der Waals surface area contributed by atoms with Crippen molar-refractivity contribution in [2.45, 2.75) is 52.2 Å². The molecule has 3 rings (SSSR count). The number of benzene rings is 3. The van der Waals surface area contributed by atoms with E-state index in [1.165, 1.54) is 4.90 Å². The molecule has 0 fully saturated rings. The maximum atomic E-state index is 14.0. The number of carbonyl (C=O) groups is 2. The van der Waals surface area contributed by atoms with Gasteiger partial charge in [0.25, 0.3) is 0 Å². The first-order chi connectivity index (χ1) is 18.1. The molecule has 0 bridgehead atoms. The van der Waals surface area contributed by atoms with Crippen molar-refractivity contribution in [1.29, 1.82) is 0 Å². The highest BCUT2D eigenvalue weighted by Gasteiger charge is 2.33. The monoisotopic (exact) mass is 535 g/mol. The minimum Gasteiger partial charge on any atom is -0.352 e. The molecule has 38 heavy (non-hydrogen) atoms. The summed E-state index contributed by atoms with van der Waals surface area (Å²) in [6, 6.07) is 24.9. The quantitative estimate of drug-likeness (QED) is 0.374. The summed E-state index contributed by atoms with van der Waals surface area (Å²) in [6.45, 7) is 5.62. The molecule has 0 radical (unpaired) electrons. The average molecular weight is 536 g/mol. The molecule has 0 aromatic heterocycles. The van der Waals surface area contributed by atoms with Gasteiger partial charge < -0.3 is 10.2 Å². The molecule has 2 amide bonds. The molecule has 0 unspecified atom stereocenters. The zero-order chi connectivity index (χ0) is 27.7. The Kier molecular flexibility index (Phi) is 10.1. The standard InChI is InChI=1S/C30H37N3O4S/c1-5-24(3)31-30(35)28(20-25-14-8-6-9-15-25)32(21-26-16-12-13-23(2)19-26)29(34)22-33(38(4,36)37)27-17-10-7-11-18-27/h6-19,24,28H,5,20-22H2,1-4H3,(H,31,35)/t24-,28+/m1/s1. The molecule has 1 N–H and O–H groups in total. The predicted molar refractivity (Wildman–Crippen MR) is 152 cm³/mol. The lowest BCUT2D eigenvalue weighted by molar-refractivity contribution is -0.140. The van der Waals surface area contributed by atoms with Gasteiger partial charge in [-0.05, 0) is 43.5 Å². The molecule has 0 aliphatic heterocycles. The van der Waals surface area contributed by atoms with Crippen molar-refractivity contribution in [3.05, 3.63) is 102 Å². The number of nitrogens with one attached hydrogen (secondary N) is 1. The smallest absolute Gasteiger partial charge is 0.244 e. The molecule has 2 atom stereocenters. The first-order valence-electron chi connectivity index (χ1n) is 12.8. The second kappa shape index (κ2) is 13.2. The zero-order valence-corrected chi connectivity index (χ0v) is 23.3. The van der Waals surface area contributed by atoms with Crippen LogP contribution in [0.4, 0.5) is 5.69 Å². The first kappa shape index (κ1) is 28.9. The molecule has 0 aliphatic carbocycles. The van der Waals surface area contributed by atoms with Crippen LogP contribution in [0.2, 0.25) is 0 Å². The van der Waals surface area contributed by atoms with Gasteiger partial charge in [-0.15, -0.1) is 0 Å². The highest BCUT2D eigenvalue weighted by atomic mass is 32.2. The highest BCUT2D eigenvalue weighted by molar-refractivity contribution is 7.92. The minimum absolute atomic E-state index is 0.0754. The lowest BCUT2D eigenvalue weighted by atomic mass is 10.0. The Morgan fingerprint density at radius 3 is 2.08 bits per heavy atom. The van der Waals surface area contributed by atoms with E-state index in [2.05, 4.69) is 5.32 Å². The molecule has 3 aromatic carbocycles. The average Bonchev–Trinajstić information content (AvgIpc) is 2.89. The number of carbonyl (C=O) groups excluding carboxylic acids is 2. The fraction of sp³-hybridized carbons (Fsp3) is 0.333. The molecule has 0 spiro atoms. The largest absolute Gasteiger partial charge is 0.352 e. The number of amides is 2. The van der Waals surface area contributed by atoms with Gasteiger partial charge >= 0.3 is 0 Å². The Morgan fingerprint density at radius 1 is 0.895 bits per heavy atom. The van der Waals surface area contributed by atoms with E-state index in [0.717, 1.165) is 33.7 Å². The molecular formula is C30H37N3O4S. The molecule has 0 aliphatic rings. The Morgan fingerprint density at radius 2 is 1.50 bits per heavy atom. The SMILES string of the molecule is CC[C@@H](C)NC(=O)[C@H](Cc1ccccc1)N(Cc1cccc(C)c1)C(=O)CN(c1ccccc1)S(C)(=O)=O. The minimum atomic E-state index is -3.77. The number of aryl methyl sites for hydroxylation is 1. The van der Waals surface area contributed by atoms with Crippen LogP contribution in [-0.2, 0) is 32.6 Å². The van der Waals surface area contributed by atoms with Crippen LogP contribution < -0.4 is 9.62 Å². The maximum absolute atomic E-state index is 14.0. The van der Waals surface area contributed by atoms with Crippen molar-refractivity contribution in [3.8, 4) is 0 Å². The van der Waals surface area contributed by atoms with Gasteiger partial charge in [0.1, 0.15) is 12.6 Å². The molecular weight excluding hydrogens is 498 g/mol. The third-order valence-corrected chi connectivity index (χ3v) is 7.57. The molecule has 0 saturated carbocycles. The van der Waals surface area contributed by atoms with Crippen LogP contribution >= 0.6 is 0 Å². The van der Waals surface area contributed by atoms with Gasteiger partial charge in [0, 0.05) is 19.0 Å². The number of rotatable bonds is 12. The van der Waals surface area contributed by atoms with E-state index in [0.29, 0.717) is 12.1 Å². The summed E-state index contributed by atoms with van der Waals surface area (Å²) in [4.78, 5) is 29.1. The van der Waals surface area contributed by atoms with Crippen LogP contribution in [0.25, 0.3) is 0 Å². The molecule has 0 saturated heterocycles. The normalized spacial score (nSPS) is 12.8. The summed E-state index contributed by atoms with van der Waals surface area (Å²) in [5, 5.41) is 3.03. The van der Waals surface area contributed by atoms with Gasteiger partial charge in [-0.3, -0.25) is 13.9 Å². The van der Waals surface area contributed by atoms with Gasteiger partial charge in [-0.2, -0.15) is 0 Å². The maximum Gasteiger partial charge on any atom is 0.244 e. The van der Waals surface area contributed by atoms with Gasteiger partial charge in [0.05, 0.1) is 11.9 Å². The molecule has 0 heterocycles. The second-order valence-electron chi connectivity index (χ2n) is 9.64. The van der Waals surface area contributed by atoms with Crippen molar-refractivity contribution in [2.24, 2.45) is 0 Å². The van der Waals surface area contributed by atoms with E-state index in [1.54, 1.807) is 30.3 Å². The third-order valence-electron chi connectivity index (χ3n) is 6.43. The third kappa shape index (κ3) is 8.18. The van der Waals surface area contributed by atoms with Crippen LogP contribution in [-0.4, -0.2) is 50.0 Å². The second-order valence-corrected chi connectivity index (χ2v) is 11.5. The van der Waals surface area contributed by atoms with Crippen LogP contribution in [0.1, 0.15) is 37.0 Å². The highest BCUT2D eigenvalue weighted by Crippen LogP contribution is 2.20. The first-order valence-corrected chi connectivity index (χ1v) is 14.7. The van der Waals surface area contributed by atoms with Gasteiger partial charge in [-0.1, -0.05) is 85.3 Å². The van der Waals surface area contributed by atoms with Crippen molar-refractivity contribution in [3.63, 3.8) is 0 Å². The Bertz CT molecular complexity index is 1310. The summed E-state index contributed by atoms with van der Waals surface area (Å²) in [5.74, 6) is -0.726. The number of nitrogens with zero attached hydrogens (tertiary/aromatic N) is 2. The summed E-state index contributed by atoms with van der Waals surface area (Å²) < 4.78 is 26.6. The molecule has 7 nitrogen and oxygen atoms in total. The van der Waals surface area contributed by atoms with Gasteiger partial charge in [0.15, 0.2) is 0 Å². The van der Waals surface area contributed by atoms with Crippen molar-refractivity contribution < 1.29 is 18.0 Å². The number of para-hydroxylation sites is 1. The van der Waals surface area contributed by atoms with E-state index in [9.17, 15) is 18.0 Å². The topological polar surface area (TPSA) is 86.8 Å². The van der Waals surface area contributed by atoms with E-state index in [-0.39, 0.29) is 18.5 Å².